The number of benzene rings is 2. The minimum Gasteiger partial charge on any atom is -0.334 e. The van der Waals surface area contributed by atoms with Crippen molar-refractivity contribution in [2.75, 3.05) is 17.2 Å². The first-order valence-corrected chi connectivity index (χ1v) is 6.91. The van der Waals surface area contributed by atoms with Crippen molar-refractivity contribution < 1.29 is 14.0 Å². The van der Waals surface area contributed by atoms with Crippen LogP contribution >= 0.6 is 0 Å². The van der Waals surface area contributed by atoms with Crippen molar-refractivity contribution in [3.63, 3.8) is 0 Å². The molecule has 0 aromatic heterocycles. The third-order valence-electron chi connectivity index (χ3n) is 2.87. The second-order valence-corrected chi connectivity index (χ2v) is 4.67. The van der Waals surface area contributed by atoms with Gasteiger partial charge in [-0.15, -0.1) is 6.58 Å². The molecule has 5 nitrogen and oxygen atoms in total. The second-order valence-electron chi connectivity index (χ2n) is 4.67. The quantitative estimate of drug-likeness (QED) is 0.741. The van der Waals surface area contributed by atoms with Gasteiger partial charge in [0.05, 0.1) is 0 Å². The molecule has 0 aliphatic rings. The summed E-state index contributed by atoms with van der Waals surface area (Å²) in [4.78, 5) is 23.7. The third kappa shape index (κ3) is 4.96. The van der Waals surface area contributed by atoms with Crippen molar-refractivity contribution in [3.05, 3.63) is 72.6 Å². The minimum absolute atomic E-state index is 0.339. The van der Waals surface area contributed by atoms with E-state index in [-0.39, 0.29) is 0 Å². The zero-order valence-corrected chi connectivity index (χ0v) is 12.3. The fraction of sp³-hybridized carbons (Fsp3) is 0.0588. The number of urea groups is 1. The number of carbonyl (C=O) groups excluding carboxylic acids is 2. The molecule has 0 saturated heterocycles. The lowest BCUT2D eigenvalue weighted by Gasteiger charge is -2.09. The van der Waals surface area contributed by atoms with E-state index in [2.05, 4.69) is 22.5 Å². The van der Waals surface area contributed by atoms with Gasteiger partial charge in [-0.3, -0.25) is 4.79 Å². The lowest BCUT2D eigenvalue weighted by Crippen LogP contribution is -2.28. The van der Waals surface area contributed by atoms with E-state index in [9.17, 15) is 14.0 Å². The Morgan fingerprint density at radius 1 is 1.04 bits per heavy atom. The maximum absolute atomic E-state index is 13.1. The lowest BCUT2D eigenvalue weighted by molar-refractivity contribution is 0.102. The maximum atomic E-state index is 13.1. The first-order valence-electron chi connectivity index (χ1n) is 6.91. The van der Waals surface area contributed by atoms with Gasteiger partial charge in [-0.05, 0) is 36.4 Å². The van der Waals surface area contributed by atoms with Crippen LogP contribution < -0.4 is 16.0 Å². The molecule has 0 unspecified atom stereocenters. The van der Waals surface area contributed by atoms with Crippen molar-refractivity contribution in [3.8, 4) is 0 Å². The Hall–Kier alpha value is -3.15. The molecule has 0 radical (unpaired) electrons. The van der Waals surface area contributed by atoms with Gasteiger partial charge in [-0.25, -0.2) is 9.18 Å². The summed E-state index contributed by atoms with van der Waals surface area (Å²) in [6.07, 6.45) is 1.56. The van der Waals surface area contributed by atoms with Gasteiger partial charge >= 0.3 is 6.03 Å². The summed E-state index contributed by atoms with van der Waals surface area (Å²) in [6, 6.07) is 11.6. The van der Waals surface area contributed by atoms with Gasteiger partial charge in [0.1, 0.15) is 5.82 Å². The summed E-state index contributed by atoms with van der Waals surface area (Å²) >= 11 is 0. The van der Waals surface area contributed by atoms with E-state index >= 15 is 0 Å². The molecule has 0 fully saturated rings. The predicted octanol–water partition coefficient (Wildman–Crippen LogP) is 3.39. The molecule has 0 bridgehead atoms. The van der Waals surface area contributed by atoms with Crippen molar-refractivity contribution in [1.29, 1.82) is 0 Å². The highest BCUT2D eigenvalue weighted by Crippen LogP contribution is 2.14. The largest absolute Gasteiger partial charge is 0.334 e. The molecule has 118 valence electrons. The second kappa shape index (κ2) is 7.74. The summed E-state index contributed by atoms with van der Waals surface area (Å²) in [5.74, 6) is -0.831. The van der Waals surface area contributed by atoms with Crippen molar-refractivity contribution in [1.82, 2.24) is 5.32 Å². The Kier molecular flexibility index (Phi) is 5.46. The number of halogens is 1. The first-order chi connectivity index (χ1) is 11.1. The predicted molar refractivity (Wildman–Crippen MR) is 88.0 cm³/mol. The lowest BCUT2D eigenvalue weighted by atomic mass is 10.2. The average Bonchev–Trinajstić information content (AvgIpc) is 2.53. The summed E-state index contributed by atoms with van der Waals surface area (Å²) in [7, 11) is 0. The maximum Gasteiger partial charge on any atom is 0.319 e. The third-order valence-corrected chi connectivity index (χ3v) is 2.87. The molecule has 0 aliphatic heterocycles. The molecule has 2 aromatic rings. The van der Waals surface area contributed by atoms with Crippen LogP contribution in [-0.2, 0) is 0 Å². The topological polar surface area (TPSA) is 70.2 Å². The highest BCUT2D eigenvalue weighted by atomic mass is 19.1. The van der Waals surface area contributed by atoms with E-state index in [1.165, 1.54) is 24.3 Å². The average molecular weight is 313 g/mol. The number of amides is 3. The molecule has 3 amide bonds. The van der Waals surface area contributed by atoms with Crippen LogP contribution in [0.15, 0.2) is 61.2 Å². The number of hydrogen-bond acceptors (Lipinski definition) is 2. The van der Waals surface area contributed by atoms with Gasteiger partial charge in [-0.1, -0.05) is 18.2 Å². The number of hydrogen-bond donors (Lipinski definition) is 3. The SMILES string of the molecule is C=CCNC(=O)Nc1cccc(C(=O)Nc2cccc(F)c2)c1. The molecule has 0 spiro atoms. The van der Waals surface area contributed by atoms with Crippen LogP contribution in [0.4, 0.5) is 20.6 Å². The molecule has 23 heavy (non-hydrogen) atoms. The van der Waals surface area contributed by atoms with Crippen molar-refractivity contribution in [2.24, 2.45) is 0 Å². The van der Waals surface area contributed by atoms with Crippen LogP contribution in [0.25, 0.3) is 0 Å². The smallest absolute Gasteiger partial charge is 0.319 e. The number of nitrogens with one attached hydrogen (secondary N) is 3. The fourth-order valence-corrected chi connectivity index (χ4v) is 1.85. The standard InChI is InChI=1S/C17H16FN3O2/c1-2-9-19-17(23)21-14-7-3-5-12(10-14)16(22)20-15-8-4-6-13(18)11-15/h2-8,10-11H,1,9H2,(H,20,22)(H2,19,21,23). The fourth-order valence-electron chi connectivity index (χ4n) is 1.85. The number of anilines is 2. The van der Waals surface area contributed by atoms with Gasteiger partial charge < -0.3 is 16.0 Å². The summed E-state index contributed by atoms with van der Waals surface area (Å²) in [5, 5.41) is 7.77. The van der Waals surface area contributed by atoms with Crippen LogP contribution in [-0.4, -0.2) is 18.5 Å². The molecule has 0 saturated carbocycles. The van der Waals surface area contributed by atoms with Crippen LogP contribution in [0.5, 0.6) is 0 Å². The molecule has 3 N–H and O–H groups in total. The van der Waals surface area contributed by atoms with Crippen molar-refractivity contribution in [2.45, 2.75) is 0 Å². The van der Waals surface area contributed by atoms with E-state index in [4.69, 9.17) is 0 Å². The first kappa shape index (κ1) is 16.2. The monoisotopic (exact) mass is 313 g/mol. The highest BCUT2D eigenvalue weighted by Gasteiger charge is 2.08. The van der Waals surface area contributed by atoms with Gasteiger partial charge in [0.15, 0.2) is 0 Å². The van der Waals surface area contributed by atoms with Crippen LogP contribution in [0.1, 0.15) is 10.4 Å². The van der Waals surface area contributed by atoms with Crippen LogP contribution in [0.2, 0.25) is 0 Å². The van der Waals surface area contributed by atoms with E-state index in [1.54, 1.807) is 30.3 Å². The van der Waals surface area contributed by atoms with Gasteiger partial charge in [0.25, 0.3) is 5.91 Å². The molecular formula is C17H16FN3O2. The van der Waals surface area contributed by atoms with E-state index in [0.29, 0.717) is 23.5 Å². The molecular weight excluding hydrogens is 297 g/mol. The normalized spacial score (nSPS) is 9.78. The number of rotatable bonds is 5. The zero-order chi connectivity index (χ0) is 16.7. The summed E-state index contributed by atoms with van der Waals surface area (Å²) in [6.45, 7) is 3.84. The number of carbonyl (C=O) groups is 2. The Balaban J connectivity index is 2.05. The highest BCUT2D eigenvalue weighted by molar-refractivity contribution is 6.05. The van der Waals surface area contributed by atoms with Gasteiger partial charge in [0, 0.05) is 23.5 Å². The summed E-state index contributed by atoms with van der Waals surface area (Å²) in [5.41, 5.74) is 1.17. The Morgan fingerprint density at radius 3 is 2.43 bits per heavy atom. The molecule has 2 aromatic carbocycles. The molecule has 2 rings (SSSR count). The molecule has 0 atom stereocenters. The van der Waals surface area contributed by atoms with Crippen LogP contribution in [0, 0.1) is 5.82 Å². The molecule has 0 heterocycles. The van der Waals surface area contributed by atoms with E-state index in [0.717, 1.165) is 0 Å². The van der Waals surface area contributed by atoms with Gasteiger partial charge in [-0.2, -0.15) is 0 Å². The van der Waals surface area contributed by atoms with Crippen molar-refractivity contribution >= 4 is 23.3 Å². The van der Waals surface area contributed by atoms with E-state index in [1.807, 2.05) is 0 Å². The minimum atomic E-state index is -0.433. The Labute approximate surface area is 133 Å². The molecule has 0 aliphatic carbocycles. The summed E-state index contributed by atoms with van der Waals surface area (Å²) < 4.78 is 13.1. The molecule has 6 heteroatoms. The van der Waals surface area contributed by atoms with Gasteiger partial charge in [0.2, 0.25) is 0 Å². The van der Waals surface area contributed by atoms with E-state index < -0.39 is 17.8 Å². The Bertz CT molecular complexity index is 731. The Morgan fingerprint density at radius 2 is 1.74 bits per heavy atom. The van der Waals surface area contributed by atoms with Crippen LogP contribution in [0.3, 0.4) is 0 Å². The zero-order valence-electron chi connectivity index (χ0n) is 12.3.